The van der Waals surface area contributed by atoms with Crippen molar-refractivity contribution in [3.05, 3.63) is 23.8 Å². The first-order valence-electron chi connectivity index (χ1n) is 5.79. The molecule has 3 nitrogen and oxygen atoms in total. The van der Waals surface area contributed by atoms with Gasteiger partial charge in [0.05, 0.1) is 6.61 Å². The van der Waals surface area contributed by atoms with E-state index in [9.17, 15) is 0 Å². The van der Waals surface area contributed by atoms with Gasteiger partial charge in [0.1, 0.15) is 30.3 Å². The molecule has 2 heterocycles. The van der Waals surface area contributed by atoms with Gasteiger partial charge in [-0.05, 0) is 19.1 Å². The Hall–Kier alpha value is -1.22. The Balaban J connectivity index is 1.85. The van der Waals surface area contributed by atoms with Gasteiger partial charge in [0.25, 0.3) is 0 Å². The molecular weight excluding hydrogens is 204 g/mol. The molecule has 3 rings (SSSR count). The van der Waals surface area contributed by atoms with Crippen LogP contribution in [0.2, 0.25) is 0 Å². The van der Waals surface area contributed by atoms with Gasteiger partial charge in [-0.25, -0.2) is 0 Å². The lowest BCUT2D eigenvalue weighted by Gasteiger charge is -2.11. The van der Waals surface area contributed by atoms with Gasteiger partial charge >= 0.3 is 0 Å². The van der Waals surface area contributed by atoms with E-state index in [0.717, 1.165) is 18.1 Å². The van der Waals surface area contributed by atoms with Crippen LogP contribution in [0.15, 0.2) is 18.2 Å². The van der Waals surface area contributed by atoms with Crippen LogP contribution in [0.1, 0.15) is 25.3 Å². The van der Waals surface area contributed by atoms with Gasteiger partial charge in [-0.2, -0.15) is 0 Å². The molecule has 1 fully saturated rings. The Morgan fingerprint density at radius 3 is 2.94 bits per heavy atom. The number of fused-ring (bicyclic) bond motifs is 1. The van der Waals surface area contributed by atoms with Crippen LogP contribution in [0.5, 0.6) is 11.5 Å². The van der Waals surface area contributed by atoms with E-state index in [1.807, 2.05) is 18.2 Å². The largest absolute Gasteiger partial charge is 0.490 e. The van der Waals surface area contributed by atoms with Gasteiger partial charge in [-0.1, -0.05) is 13.0 Å². The number of hydrogen-bond donors (Lipinski definition) is 0. The van der Waals surface area contributed by atoms with Gasteiger partial charge in [0.2, 0.25) is 0 Å². The quantitative estimate of drug-likeness (QED) is 0.733. The second-order valence-electron chi connectivity index (χ2n) is 4.55. The molecule has 1 aromatic rings. The molecule has 0 aromatic heterocycles. The molecule has 0 bridgehead atoms. The summed E-state index contributed by atoms with van der Waals surface area (Å²) in [6.45, 7) is 5.75. The summed E-state index contributed by atoms with van der Waals surface area (Å²) in [5, 5.41) is 0. The summed E-state index contributed by atoms with van der Waals surface area (Å²) in [6.07, 6.45) is 0.530. The topological polar surface area (TPSA) is 31.0 Å². The van der Waals surface area contributed by atoms with Crippen molar-refractivity contribution in [2.45, 2.75) is 32.0 Å². The molecule has 3 heteroatoms. The summed E-state index contributed by atoms with van der Waals surface area (Å²) in [5.74, 6) is 2.31. The second kappa shape index (κ2) is 3.67. The summed E-state index contributed by atoms with van der Waals surface area (Å²) in [7, 11) is 0. The lowest BCUT2D eigenvalue weighted by molar-refractivity contribution is 0.231. The minimum absolute atomic E-state index is 0.233. The highest BCUT2D eigenvalue weighted by atomic mass is 16.6. The van der Waals surface area contributed by atoms with Crippen molar-refractivity contribution in [3.8, 4) is 11.5 Å². The molecule has 86 valence electrons. The van der Waals surface area contributed by atoms with Crippen molar-refractivity contribution in [3.63, 3.8) is 0 Å². The Labute approximate surface area is 95.3 Å². The van der Waals surface area contributed by atoms with Gasteiger partial charge in [0.15, 0.2) is 0 Å². The van der Waals surface area contributed by atoms with Crippen LogP contribution >= 0.6 is 0 Å². The number of rotatable bonds is 3. The molecule has 0 amide bonds. The number of benzene rings is 1. The van der Waals surface area contributed by atoms with Gasteiger partial charge < -0.3 is 14.2 Å². The summed E-state index contributed by atoms with van der Waals surface area (Å²) in [6, 6.07) is 6.00. The first-order valence-corrected chi connectivity index (χ1v) is 5.79. The Bertz CT molecular complexity index is 398. The van der Waals surface area contributed by atoms with E-state index in [1.54, 1.807) is 0 Å². The third-order valence-electron chi connectivity index (χ3n) is 3.33. The van der Waals surface area contributed by atoms with Crippen LogP contribution < -0.4 is 9.47 Å². The van der Waals surface area contributed by atoms with Crippen LogP contribution in [0.4, 0.5) is 0 Å². The standard InChI is InChI=1S/C13H16O3/c1-8-9(2)16-12-5-3-4-11(13(8)12)15-7-10-6-14-10/h3-5,8-10H,6-7H2,1-2H3. The average molecular weight is 220 g/mol. The summed E-state index contributed by atoms with van der Waals surface area (Å²) in [5.41, 5.74) is 1.20. The number of hydrogen-bond acceptors (Lipinski definition) is 3. The van der Waals surface area contributed by atoms with E-state index in [2.05, 4.69) is 13.8 Å². The average Bonchev–Trinajstić information content (AvgIpc) is 3.05. The zero-order chi connectivity index (χ0) is 11.1. The molecule has 1 aromatic carbocycles. The maximum atomic E-state index is 5.79. The third kappa shape index (κ3) is 1.65. The lowest BCUT2D eigenvalue weighted by Crippen LogP contribution is -2.11. The highest BCUT2D eigenvalue weighted by Gasteiger charge is 2.31. The summed E-state index contributed by atoms with van der Waals surface area (Å²) in [4.78, 5) is 0. The van der Waals surface area contributed by atoms with Crippen molar-refractivity contribution < 1.29 is 14.2 Å². The molecular formula is C13H16O3. The monoisotopic (exact) mass is 220 g/mol. The second-order valence-corrected chi connectivity index (χ2v) is 4.55. The number of epoxide rings is 1. The first kappa shape index (κ1) is 9.97. The molecule has 1 saturated heterocycles. The van der Waals surface area contributed by atoms with Crippen molar-refractivity contribution in [1.29, 1.82) is 0 Å². The van der Waals surface area contributed by atoms with E-state index in [-0.39, 0.29) is 6.10 Å². The maximum Gasteiger partial charge on any atom is 0.127 e. The Morgan fingerprint density at radius 2 is 2.19 bits per heavy atom. The van der Waals surface area contributed by atoms with Gasteiger partial charge in [-0.15, -0.1) is 0 Å². The normalized spacial score (nSPS) is 30.8. The first-order chi connectivity index (χ1) is 7.75. The maximum absolute atomic E-state index is 5.79. The molecule has 0 radical (unpaired) electrons. The van der Waals surface area contributed by atoms with Crippen LogP contribution in [0.25, 0.3) is 0 Å². The molecule has 0 spiro atoms. The minimum Gasteiger partial charge on any atom is -0.490 e. The van der Waals surface area contributed by atoms with E-state index >= 15 is 0 Å². The molecule has 0 saturated carbocycles. The molecule has 3 unspecified atom stereocenters. The van der Waals surface area contributed by atoms with Crippen molar-refractivity contribution in [2.24, 2.45) is 0 Å². The zero-order valence-electron chi connectivity index (χ0n) is 9.60. The SMILES string of the molecule is CC1Oc2cccc(OCC3CO3)c2C1C. The molecule has 2 aliphatic heterocycles. The van der Waals surface area contributed by atoms with E-state index in [4.69, 9.17) is 14.2 Å². The number of ether oxygens (including phenoxy) is 3. The molecule has 2 aliphatic rings. The summed E-state index contributed by atoms with van der Waals surface area (Å²) >= 11 is 0. The zero-order valence-corrected chi connectivity index (χ0v) is 9.60. The van der Waals surface area contributed by atoms with E-state index in [0.29, 0.717) is 18.6 Å². The lowest BCUT2D eigenvalue weighted by atomic mass is 9.98. The summed E-state index contributed by atoms with van der Waals surface area (Å²) < 4.78 is 16.7. The third-order valence-corrected chi connectivity index (χ3v) is 3.33. The van der Waals surface area contributed by atoms with E-state index < -0.39 is 0 Å². The van der Waals surface area contributed by atoms with Crippen LogP contribution in [0.3, 0.4) is 0 Å². The van der Waals surface area contributed by atoms with Crippen molar-refractivity contribution in [2.75, 3.05) is 13.2 Å². The minimum atomic E-state index is 0.233. The Kier molecular flexibility index (Phi) is 2.28. The predicted octanol–water partition coefficient (Wildman–Crippen LogP) is 2.35. The Morgan fingerprint density at radius 1 is 1.38 bits per heavy atom. The van der Waals surface area contributed by atoms with Gasteiger partial charge in [-0.3, -0.25) is 0 Å². The fraction of sp³-hybridized carbons (Fsp3) is 0.538. The van der Waals surface area contributed by atoms with Crippen LogP contribution in [-0.4, -0.2) is 25.4 Å². The van der Waals surface area contributed by atoms with Crippen molar-refractivity contribution in [1.82, 2.24) is 0 Å². The van der Waals surface area contributed by atoms with Crippen LogP contribution in [-0.2, 0) is 4.74 Å². The predicted molar refractivity (Wildman–Crippen MR) is 60.2 cm³/mol. The molecule has 0 aliphatic carbocycles. The molecule has 3 atom stereocenters. The molecule has 16 heavy (non-hydrogen) atoms. The fourth-order valence-corrected chi connectivity index (χ4v) is 2.09. The smallest absolute Gasteiger partial charge is 0.127 e. The molecule has 0 N–H and O–H groups in total. The van der Waals surface area contributed by atoms with Crippen LogP contribution in [0, 0.1) is 0 Å². The van der Waals surface area contributed by atoms with Gasteiger partial charge in [0, 0.05) is 11.5 Å². The van der Waals surface area contributed by atoms with Crippen molar-refractivity contribution >= 4 is 0 Å². The van der Waals surface area contributed by atoms with E-state index in [1.165, 1.54) is 5.56 Å². The highest BCUT2D eigenvalue weighted by Crippen LogP contribution is 2.43. The fourth-order valence-electron chi connectivity index (χ4n) is 2.09. The highest BCUT2D eigenvalue weighted by molar-refractivity contribution is 5.50.